The van der Waals surface area contributed by atoms with Gasteiger partial charge in [-0.1, -0.05) is 288 Å². The van der Waals surface area contributed by atoms with E-state index < -0.39 is 36.9 Å². The zero-order valence-corrected chi connectivity index (χ0v) is 45.6. The molecule has 4 atom stereocenters. The summed E-state index contributed by atoms with van der Waals surface area (Å²) in [5.41, 5.74) is 0. The lowest BCUT2D eigenvalue weighted by Gasteiger charge is -2.27. The normalized spacial score (nSPS) is 13.9. The number of hydrogen-bond donors (Lipinski definition) is 5. The summed E-state index contributed by atoms with van der Waals surface area (Å²) in [6.45, 7) is 4.08. The zero-order valence-electron chi connectivity index (χ0n) is 45.6. The first-order valence-electron chi connectivity index (χ1n) is 30.4. The third kappa shape index (κ3) is 49.5. The minimum absolute atomic E-state index is 0.357. The smallest absolute Gasteiger partial charge is 0.249 e. The number of amides is 1. The van der Waals surface area contributed by atoms with Crippen LogP contribution < -0.4 is 5.32 Å². The van der Waals surface area contributed by atoms with E-state index in [4.69, 9.17) is 0 Å². The van der Waals surface area contributed by atoms with Crippen LogP contribution in [0.4, 0.5) is 0 Å². The van der Waals surface area contributed by atoms with Crippen molar-refractivity contribution >= 4 is 5.91 Å². The number of aliphatic hydroxyl groups excluding tert-OH is 4. The molecule has 4 unspecified atom stereocenters. The molecule has 1 amide bonds. The molecule has 0 spiro atoms. The van der Waals surface area contributed by atoms with Gasteiger partial charge in [0.05, 0.1) is 18.8 Å². The Balaban J connectivity index is 3.64. The average molecular weight is 959 g/mol. The standard InChI is InChI=1S/C62H119NO5/c1-3-5-7-9-11-13-15-17-19-21-23-25-27-29-30-31-32-34-35-37-39-41-43-45-47-49-51-53-55-59(65)61(67)58(57-64)63-62(68)60(66)56-54-52-50-48-46-44-42-40-38-36-33-28-26-24-22-20-18-16-14-12-10-8-6-4-2/h24,26,33,36,47,49,58-61,64-67H,3-23,25,27-32,34-35,37-46,48,50-57H2,1-2H3,(H,63,68)/b26-24-,36-33-,49-47+. The van der Waals surface area contributed by atoms with Crippen molar-refractivity contribution < 1.29 is 25.2 Å². The number of rotatable bonds is 56. The maximum Gasteiger partial charge on any atom is 0.249 e. The SMILES string of the molecule is CCCCCCCCCCC/C=C\C/C=C\CCCCCCCCCCC(O)C(=O)NC(CO)C(O)C(O)CCC/C=C/CCCCCCCCCCCCCCCCCCCCCCCCC. The van der Waals surface area contributed by atoms with Gasteiger partial charge in [0, 0.05) is 0 Å². The van der Waals surface area contributed by atoms with Crippen molar-refractivity contribution in [3.63, 3.8) is 0 Å². The first-order valence-corrected chi connectivity index (χ1v) is 30.4. The van der Waals surface area contributed by atoms with Gasteiger partial charge in [-0.05, 0) is 70.6 Å². The molecule has 402 valence electrons. The van der Waals surface area contributed by atoms with E-state index >= 15 is 0 Å². The van der Waals surface area contributed by atoms with Gasteiger partial charge < -0.3 is 25.7 Å². The van der Waals surface area contributed by atoms with Crippen molar-refractivity contribution in [3.05, 3.63) is 36.5 Å². The van der Waals surface area contributed by atoms with Gasteiger partial charge in [-0.15, -0.1) is 0 Å². The van der Waals surface area contributed by atoms with E-state index in [1.165, 1.54) is 244 Å². The molecule has 0 aliphatic rings. The van der Waals surface area contributed by atoms with E-state index in [2.05, 4.69) is 55.6 Å². The molecule has 0 aromatic heterocycles. The lowest BCUT2D eigenvalue weighted by molar-refractivity contribution is -0.132. The second-order valence-electron chi connectivity index (χ2n) is 21.0. The largest absolute Gasteiger partial charge is 0.394 e. The number of allylic oxidation sites excluding steroid dienone is 6. The summed E-state index contributed by atoms with van der Waals surface area (Å²) in [6, 6.07) is -1.01. The highest BCUT2D eigenvalue weighted by Gasteiger charge is 2.28. The van der Waals surface area contributed by atoms with Gasteiger partial charge in [-0.3, -0.25) is 4.79 Å². The molecule has 0 saturated heterocycles. The Morgan fingerprint density at radius 1 is 0.368 bits per heavy atom. The van der Waals surface area contributed by atoms with E-state index in [-0.39, 0.29) is 0 Å². The fraction of sp³-hybridized carbons (Fsp3) is 0.887. The molecule has 68 heavy (non-hydrogen) atoms. The van der Waals surface area contributed by atoms with Crippen LogP contribution in [-0.4, -0.2) is 57.3 Å². The maximum absolute atomic E-state index is 12.6. The topological polar surface area (TPSA) is 110 Å². The third-order valence-electron chi connectivity index (χ3n) is 14.3. The predicted molar refractivity (Wildman–Crippen MR) is 297 cm³/mol. The summed E-state index contributed by atoms with van der Waals surface area (Å²) < 4.78 is 0. The fourth-order valence-electron chi connectivity index (χ4n) is 9.56. The maximum atomic E-state index is 12.6. The Kier molecular flexibility index (Phi) is 55.2. The van der Waals surface area contributed by atoms with E-state index in [1.54, 1.807) is 0 Å². The molecule has 0 aromatic rings. The van der Waals surface area contributed by atoms with Crippen LogP contribution in [0.3, 0.4) is 0 Å². The van der Waals surface area contributed by atoms with Crippen molar-refractivity contribution in [2.24, 2.45) is 0 Å². The Hall–Kier alpha value is -1.47. The molecule has 0 fully saturated rings. The lowest BCUT2D eigenvalue weighted by Crippen LogP contribution is -2.53. The Morgan fingerprint density at radius 2 is 0.647 bits per heavy atom. The number of hydrogen-bond acceptors (Lipinski definition) is 5. The summed E-state index contributed by atoms with van der Waals surface area (Å²) >= 11 is 0. The monoisotopic (exact) mass is 958 g/mol. The van der Waals surface area contributed by atoms with E-state index in [0.717, 1.165) is 51.4 Å². The molecule has 0 bridgehead atoms. The first kappa shape index (κ1) is 66.5. The Morgan fingerprint density at radius 3 is 0.971 bits per heavy atom. The van der Waals surface area contributed by atoms with Crippen molar-refractivity contribution in [1.82, 2.24) is 5.32 Å². The number of unbranched alkanes of at least 4 members (excludes halogenated alkanes) is 41. The molecular weight excluding hydrogens is 839 g/mol. The van der Waals surface area contributed by atoms with Gasteiger partial charge in [0.25, 0.3) is 0 Å². The molecule has 0 aliphatic heterocycles. The molecule has 6 heteroatoms. The number of carbonyl (C=O) groups is 1. The second kappa shape index (κ2) is 56.4. The van der Waals surface area contributed by atoms with Crippen LogP contribution in [0.5, 0.6) is 0 Å². The number of aliphatic hydroxyl groups is 4. The highest BCUT2D eigenvalue weighted by Crippen LogP contribution is 2.18. The Bertz CT molecular complexity index is 1080. The molecule has 6 nitrogen and oxygen atoms in total. The van der Waals surface area contributed by atoms with Crippen molar-refractivity contribution in [2.75, 3.05) is 6.61 Å². The summed E-state index contributed by atoms with van der Waals surface area (Å²) in [6.07, 6.45) is 70.9. The molecular formula is C62H119NO5. The fourth-order valence-corrected chi connectivity index (χ4v) is 9.56. The van der Waals surface area contributed by atoms with Crippen LogP contribution in [-0.2, 0) is 4.79 Å². The lowest BCUT2D eigenvalue weighted by atomic mass is 10.00. The number of carbonyl (C=O) groups excluding carboxylic acids is 1. The van der Waals surface area contributed by atoms with Gasteiger partial charge in [0.2, 0.25) is 5.91 Å². The van der Waals surface area contributed by atoms with Gasteiger partial charge in [-0.25, -0.2) is 0 Å². The van der Waals surface area contributed by atoms with E-state index in [0.29, 0.717) is 12.8 Å². The van der Waals surface area contributed by atoms with Gasteiger partial charge in [0.1, 0.15) is 12.2 Å². The van der Waals surface area contributed by atoms with Gasteiger partial charge in [-0.2, -0.15) is 0 Å². The van der Waals surface area contributed by atoms with E-state index in [1.807, 2.05) is 0 Å². The Labute approximate surface area is 424 Å². The molecule has 0 radical (unpaired) electrons. The zero-order chi connectivity index (χ0) is 49.5. The van der Waals surface area contributed by atoms with E-state index in [9.17, 15) is 25.2 Å². The molecule has 0 heterocycles. The van der Waals surface area contributed by atoms with Crippen molar-refractivity contribution in [2.45, 2.75) is 346 Å². The molecule has 5 N–H and O–H groups in total. The van der Waals surface area contributed by atoms with Crippen molar-refractivity contribution in [3.8, 4) is 0 Å². The summed E-state index contributed by atoms with van der Waals surface area (Å²) in [4.78, 5) is 12.6. The van der Waals surface area contributed by atoms with Crippen LogP contribution in [0.25, 0.3) is 0 Å². The summed E-state index contributed by atoms with van der Waals surface area (Å²) in [5, 5.41) is 44.0. The molecule has 0 aromatic carbocycles. The molecule has 0 aliphatic carbocycles. The summed E-state index contributed by atoms with van der Waals surface area (Å²) in [5.74, 6) is -0.594. The highest BCUT2D eigenvalue weighted by atomic mass is 16.3. The van der Waals surface area contributed by atoms with Crippen LogP contribution >= 0.6 is 0 Å². The molecule has 0 rings (SSSR count). The second-order valence-corrected chi connectivity index (χ2v) is 21.0. The highest BCUT2D eigenvalue weighted by molar-refractivity contribution is 5.80. The van der Waals surface area contributed by atoms with Crippen molar-refractivity contribution in [1.29, 1.82) is 0 Å². The molecule has 0 saturated carbocycles. The first-order chi connectivity index (χ1) is 33.5. The minimum Gasteiger partial charge on any atom is -0.394 e. The summed E-state index contributed by atoms with van der Waals surface area (Å²) in [7, 11) is 0. The van der Waals surface area contributed by atoms with Crippen LogP contribution in [0, 0.1) is 0 Å². The third-order valence-corrected chi connectivity index (χ3v) is 14.3. The average Bonchev–Trinajstić information content (AvgIpc) is 3.34. The number of nitrogens with one attached hydrogen (secondary N) is 1. The van der Waals surface area contributed by atoms with Gasteiger partial charge >= 0.3 is 0 Å². The van der Waals surface area contributed by atoms with Crippen LogP contribution in [0.1, 0.15) is 322 Å². The van der Waals surface area contributed by atoms with Gasteiger partial charge in [0.15, 0.2) is 0 Å². The minimum atomic E-state index is -1.29. The predicted octanol–water partition coefficient (Wildman–Crippen LogP) is 18.0. The van der Waals surface area contributed by atoms with Crippen LogP contribution in [0.2, 0.25) is 0 Å². The quantitative estimate of drug-likeness (QED) is 0.0308. The van der Waals surface area contributed by atoms with Crippen LogP contribution in [0.15, 0.2) is 36.5 Å².